The number of benzene rings is 2. The molecule has 2 aromatic carbocycles. The fraction of sp³-hybridized carbons (Fsp3) is 0.444. The molecule has 2 amide bonds. The molecule has 1 aliphatic heterocycles. The van der Waals surface area contributed by atoms with E-state index in [0.29, 0.717) is 11.3 Å². The number of carbonyl (C=O) groups is 1. The Morgan fingerprint density at radius 2 is 1.92 bits per heavy atom. The summed E-state index contributed by atoms with van der Waals surface area (Å²) < 4.78 is 34.8. The predicted octanol–water partition coefficient (Wildman–Crippen LogP) is 3.63. The number of anilines is 1. The monoisotopic (exact) mass is 513 g/mol. The summed E-state index contributed by atoms with van der Waals surface area (Å²) in [7, 11) is -2.27. The average Bonchev–Trinajstić information content (AvgIpc) is 2.84. The number of hydrogen-bond acceptors (Lipinski definition) is 5. The number of nitrogens with one attached hydrogen (secondary N) is 1. The van der Waals surface area contributed by atoms with Crippen molar-refractivity contribution in [2.45, 2.75) is 44.7 Å². The van der Waals surface area contributed by atoms with Crippen molar-refractivity contribution in [1.82, 2.24) is 9.21 Å². The molecule has 0 bridgehead atoms. The molecule has 0 aliphatic carbocycles. The van der Waals surface area contributed by atoms with Crippen molar-refractivity contribution in [2.24, 2.45) is 11.8 Å². The van der Waals surface area contributed by atoms with Gasteiger partial charge in [0.25, 0.3) is 0 Å². The Morgan fingerprint density at radius 3 is 2.56 bits per heavy atom. The number of nitrogens with zero attached hydrogens (tertiary/aromatic N) is 2. The molecule has 2 N–H and O–H groups in total. The van der Waals surface area contributed by atoms with Crippen LogP contribution in [0.3, 0.4) is 0 Å². The number of hydrogen-bond donors (Lipinski definition) is 2. The van der Waals surface area contributed by atoms with Crippen molar-refractivity contribution in [3.8, 4) is 17.6 Å². The largest absolute Gasteiger partial charge is 0.487 e. The van der Waals surface area contributed by atoms with Gasteiger partial charge in [-0.1, -0.05) is 50.8 Å². The SMILES string of the molecule is CC(C)C#Cc1ccc2c(c1)O[C@H](CN(C)C(=O)Nc1ccccc1)[C@@H](C)CN([C@@H](C)CO)S2(=O)=O. The molecule has 0 spiro atoms. The Morgan fingerprint density at radius 1 is 1.22 bits per heavy atom. The number of fused-ring (bicyclic) bond motifs is 1. The summed E-state index contributed by atoms with van der Waals surface area (Å²) in [6.07, 6.45) is -0.507. The number of rotatable bonds is 5. The van der Waals surface area contributed by atoms with Crippen molar-refractivity contribution in [2.75, 3.05) is 32.1 Å². The van der Waals surface area contributed by atoms with E-state index < -0.39 is 22.2 Å². The fourth-order valence-electron chi connectivity index (χ4n) is 3.84. The first-order chi connectivity index (χ1) is 17.0. The summed E-state index contributed by atoms with van der Waals surface area (Å²) in [5.41, 5.74) is 1.32. The van der Waals surface area contributed by atoms with Gasteiger partial charge in [-0.25, -0.2) is 13.2 Å². The number of aliphatic hydroxyl groups is 1. The molecule has 0 fully saturated rings. The van der Waals surface area contributed by atoms with Crippen LogP contribution >= 0.6 is 0 Å². The standard InChI is InChI=1S/C27H35N3O5S/c1-19(2)11-12-22-13-14-26-24(15-22)35-25(20(3)16-30(21(4)18-31)36(26,33)34)17-29(5)27(32)28-23-9-7-6-8-10-23/h6-10,13-15,19-21,25,31H,16-18H2,1-5H3,(H,28,32)/t20-,21-,25+/m0/s1. The highest BCUT2D eigenvalue weighted by Crippen LogP contribution is 2.34. The number of para-hydroxylation sites is 1. The summed E-state index contributed by atoms with van der Waals surface area (Å²) >= 11 is 0. The van der Waals surface area contributed by atoms with Crippen LogP contribution in [0.5, 0.6) is 5.75 Å². The zero-order valence-electron chi connectivity index (χ0n) is 21.4. The van der Waals surface area contributed by atoms with Crippen molar-refractivity contribution in [1.29, 1.82) is 0 Å². The second-order valence-electron chi connectivity index (χ2n) is 9.50. The van der Waals surface area contributed by atoms with Crippen molar-refractivity contribution in [3.05, 3.63) is 54.1 Å². The molecule has 8 nitrogen and oxygen atoms in total. The van der Waals surface area contributed by atoms with Crippen LogP contribution in [0.25, 0.3) is 0 Å². The van der Waals surface area contributed by atoms with Crippen LogP contribution in [0.1, 0.15) is 33.3 Å². The molecule has 0 unspecified atom stereocenters. The van der Waals surface area contributed by atoms with Gasteiger partial charge in [-0.15, -0.1) is 0 Å². The van der Waals surface area contributed by atoms with E-state index in [2.05, 4.69) is 17.2 Å². The molecule has 1 heterocycles. The molecular formula is C27H35N3O5S. The summed E-state index contributed by atoms with van der Waals surface area (Å²) in [5.74, 6) is 6.21. The molecule has 3 atom stereocenters. The van der Waals surface area contributed by atoms with Gasteiger partial charge in [-0.2, -0.15) is 4.31 Å². The van der Waals surface area contributed by atoms with Gasteiger partial charge in [-0.05, 0) is 37.3 Å². The first-order valence-corrected chi connectivity index (χ1v) is 13.5. The minimum absolute atomic E-state index is 0.0196. The number of ether oxygens (including phenoxy) is 1. The molecule has 9 heteroatoms. The van der Waals surface area contributed by atoms with Gasteiger partial charge in [0.1, 0.15) is 16.7 Å². The Kier molecular flexibility index (Phi) is 9.01. The number of likely N-dealkylation sites (N-methyl/N-ethyl adjacent to an activating group) is 1. The zero-order chi connectivity index (χ0) is 26.5. The summed E-state index contributed by atoms with van der Waals surface area (Å²) in [5, 5.41) is 12.6. The lowest BCUT2D eigenvalue weighted by Gasteiger charge is -2.37. The third-order valence-electron chi connectivity index (χ3n) is 6.00. The van der Waals surface area contributed by atoms with Crippen LogP contribution in [0.4, 0.5) is 10.5 Å². The lowest BCUT2D eigenvalue weighted by atomic mass is 10.0. The molecule has 194 valence electrons. The first kappa shape index (κ1) is 27.5. The topological polar surface area (TPSA) is 99.2 Å². The Labute approximate surface area is 214 Å². The van der Waals surface area contributed by atoms with Crippen LogP contribution in [0, 0.1) is 23.7 Å². The molecule has 3 rings (SSSR count). The van der Waals surface area contributed by atoms with E-state index in [1.54, 1.807) is 38.2 Å². The normalized spacial score (nSPS) is 20.1. The van der Waals surface area contributed by atoms with E-state index in [4.69, 9.17) is 4.74 Å². The molecule has 0 saturated carbocycles. The van der Waals surface area contributed by atoms with E-state index in [1.807, 2.05) is 39.0 Å². The number of sulfonamides is 1. The summed E-state index contributed by atoms with van der Waals surface area (Å²) in [6.45, 7) is 7.55. The van der Waals surface area contributed by atoms with Crippen LogP contribution in [-0.4, -0.2) is 67.7 Å². The lowest BCUT2D eigenvalue weighted by molar-refractivity contribution is 0.0830. The van der Waals surface area contributed by atoms with Gasteiger partial charge < -0.3 is 20.1 Å². The highest BCUT2D eigenvalue weighted by Gasteiger charge is 2.38. The fourth-order valence-corrected chi connectivity index (χ4v) is 5.67. The number of aliphatic hydroxyl groups excluding tert-OH is 1. The molecular weight excluding hydrogens is 478 g/mol. The zero-order valence-corrected chi connectivity index (χ0v) is 22.2. The predicted molar refractivity (Wildman–Crippen MR) is 140 cm³/mol. The minimum Gasteiger partial charge on any atom is -0.487 e. The van der Waals surface area contributed by atoms with Gasteiger partial charge in [0, 0.05) is 42.7 Å². The van der Waals surface area contributed by atoms with E-state index >= 15 is 0 Å². The Bertz CT molecular complexity index is 1220. The molecule has 36 heavy (non-hydrogen) atoms. The average molecular weight is 514 g/mol. The van der Waals surface area contributed by atoms with Crippen LogP contribution in [-0.2, 0) is 10.0 Å². The quantitative estimate of drug-likeness (QED) is 0.595. The van der Waals surface area contributed by atoms with E-state index in [9.17, 15) is 18.3 Å². The summed E-state index contributed by atoms with van der Waals surface area (Å²) in [6, 6.07) is 13.0. The van der Waals surface area contributed by atoms with Gasteiger partial charge >= 0.3 is 6.03 Å². The lowest BCUT2D eigenvalue weighted by Crippen LogP contribution is -2.50. The second-order valence-corrected chi connectivity index (χ2v) is 11.4. The van der Waals surface area contributed by atoms with Crippen molar-refractivity contribution in [3.63, 3.8) is 0 Å². The Balaban J connectivity index is 1.96. The maximum atomic E-state index is 13.6. The maximum absolute atomic E-state index is 13.6. The van der Waals surface area contributed by atoms with E-state index in [-0.39, 0.29) is 48.2 Å². The van der Waals surface area contributed by atoms with Gasteiger partial charge in [0.2, 0.25) is 10.0 Å². The van der Waals surface area contributed by atoms with Gasteiger partial charge in [-0.3, -0.25) is 0 Å². The van der Waals surface area contributed by atoms with Crippen LogP contribution in [0.2, 0.25) is 0 Å². The van der Waals surface area contributed by atoms with Crippen molar-refractivity contribution < 1.29 is 23.1 Å². The highest BCUT2D eigenvalue weighted by atomic mass is 32.2. The van der Waals surface area contributed by atoms with E-state index in [1.165, 1.54) is 15.3 Å². The maximum Gasteiger partial charge on any atom is 0.321 e. The third-order valence-corrected chi connectivity index (χ3v) is 8.02. The number of amides is 2. The molecule has 2 aromatic rings. The number of urea groups is 1. The molecule has 1 aliphatic rings. The molecule has 0 aromatic heterocycles. The first-order valence-electron chi connectivity index (χ1n) is 12.0. The number of carbonyl (C=O) groups excluding carboxylic acids is 1. The van der Waals surface area contributed by atoms with Crippen molar-refractivity contribution >= 4 is 21.7 Å². The van der Waals surface area contributed by atoms with Crippen LogP contribution < -0.4 is 10.1 Å². The third kappa shape index (κ3) is 6.58. The molecule has 0 radical (unpaired) electrons. The second kappa shape index (κ2) is 11.8. The van der Waals surface area contributed by atoms with Crippen LogP contribution in [0.15, 0.2) is 53.4 Å². The highest BCUT2D eigenvalue weighted by molar-refractivity contribution is 7.89. The Hall–Kier alpha value is -3.06. The van der Waals surface area contributed by atoms with E-state index in [0.717, 1.165) is 0 Å². The summed E-state index contributed by atoms with van der Waals surface area (Å²) in [4.78, 5) is 14.4. The minimum atomic E-state index is -3.94. The van der Waals surface area contributed by atoms with Gasteiger partial charge in [0.05, 0.1) is 13.2 Å². The smallest absolute Gasteiger partial charge is 0.321 e. The van der Waals surface area contributed by atoms with Gasteiger partial charge in [0.15, 0.2) is 0 Å². The molecule has 0 saturated heterocycles.